The first kappa shape index (κ1) is 32.6. The second-order valence-corrected chi connectivity index (χ2v) is 13.0. The summed E-state index contributed by atoms with van der Waals surface area (Å²) in [5.41, 5.74) is 7.63. The van der Waals surface area contributed by atoms with E-state index in [1.54, 1.807) is 0 Å². The van der Waals surface area contributed by atoms with Gasteiger partial charge in [-0.15, -0.1) is 0 Å². The number of phenols is 1. The molecule has 2 atom stereocenters. The standard InChI is InChI=1S/C33H30BrNO2.C4H7Br.CH4/c34-26-11-17-32-25(19-26)20-27(35-32)7-4-18-37-29-13-8-23(9-14-29)33-30(22-5-2-1-3-6-22)15-10-24-21-28(36)12-16-31(24)33;1-3-4(2)5;/h1-3,5-6,8-9,11-14,16-17,19-21,30,33,35-36H,4,7,10,15,18H2;3H,1-2H3;1H4/b;4-3+;/t30-,33?;;/m1../s1. The SMILES string of the molecule is C.C/C=C(\C)Br.Oc1ccc2c(c1)CC[C@H](c1ccccc1)C2c1ccc(OCCCc2cc3cc(Br)ccc3[nH]2)cc1. The largest absolute Gasteiger partial charge is 0.508 e. The summed E-state index contributed by atoms with van der Waals surface area (Å²) in [6, 6.07) is 33.9. The number of benzene rings is 4. The van der Waals surface area contributed by atoms with Crippen LogP contribution in [0.25, 0.3) is 10.9 Å². The van der Waals surface area contributed by atoms with Crippen molar-refractivity contribution in [2.24, 2.45) is 0 Å². The molecule has 1 aliphatic rings. The first-order valence-corrected chi connectivity index (χ1v) is 16.1. The number of ether oxygens (including phenoxy) is 1. The van der Waals surface area contributed by atoms with Gasteiger partial charge in [0.1, 0.15) is 11.5 Å². The summed E-state index contributed by atoms with van der Waals surface area (Å²) in [6.45, 7) is 4.67. The normalized spacial score (nSPS) is 16.0. The number of aromatic amines is 1. The van der Waals surface area contributed by atoms with Gasteiger partial charge in [0.2, 0.25) is 0 Å². The van der Waals surface area contributed by atoms with E-state index in [0.717, 1.165) is 35.9 Å². The van der Waals surface area contributed by atoms with Gasteiger partial charge in [0, 0.05) is 27.0 Å². The highest BCUT2D eigenvalue weighted by atomic mass is 79.9. The number of halogens is 2. The Hall–Kier alpha value is -3.28. The van der Waals surface area contributed by atoms with Crippen LogP contribution in [0.5, 0.6) is 11.5 Å². The lowest BCUT2D eigenvalue weighted by Crippen LogP contribution is -2.20. The number of phenolic OH excluding ortho intramolecular Hbond substituents is 1. The first-order chi connectivity index (χ1) is 20.4. The van der Waals surface area contributed by atoms with Gasteiger partial charge in [-0.25, -0.2) is 0 Å². The van der Waals surface area contributed by atoms with Crippen molar-refractivity contribution in [1.82, 2.24) is 4.98 Å². The molecule has 1 aliphatic carbocycles. The lowest BCUT2D eigenvalue weighted by atomic mass is 9.69. The molecule has 0 aliphatic heterocycles. The van der Waals surface area contributed by atoms with Crippen LogP contribution in [0.1, 0.15) is 73.9 Å². The molecule has 4 aromatic carbocycles. The topological polar surface area (TPSA) is 45.2 Å². The Balaban J connectivity index is 0.000000654. The number of hydrogen-bond donors (Lipinski definition) is 2. The monoisotopic (exact) mass is 701 g/mol. The second-order valence-electron chi connectivity index (χ2n) is 10.8. The van der Waals surface area contributed by atoms with Crippen LogP contribution in [0, 0.1) is 0 Å². The van der Waals surface area contributed by atoms with E-state index in [-0.39, 0.29) is 13.3 Å². The van der Waals surface area contributed by atoms with Crippen LogP contribution in [-0.4, -0.2) is 16.7 Å². The predicted molar refractivity (Wildman–Crippen MR) is 189 cm³/mol. The molecular weight excluding hydrogens is 662 g/mol. The minimum atomic E-state index is 0. The van der Waals surface area contributed by atoms with Crippen molar-refractivity contribution in [3.05, 3.63) is 140 Å². The van der Waals surface area contributed by atoms with Crippen molar-refractivity contribution in [2.45, 2.75) is 58.8 Å². The van der Waals surface area contributed by atoms with Crippen molar-refractivity contribution in [1.29, 1.82) is 0 Å². The molecule has 0 amide bonds. The number of nitrogens with one attached hydrogen (secondary N) is 1. The highest BCUT2D eigenvalue weighted by molar-refractivity contribution is 9.11. The molecule has 6 rings (SSSR count). The van der Waals surface area contributed by atoms with Crippen LogP contribution >= 0.6 is 31.9 Å². The summed E-state index contributed by atoms with van der Waals surface area (Å²) in [4.78, 5) is 3.50. The summed E-state index contributed by atoms with van der Waals surface area (Å²) in [5, 5.41) is 11.3. The number of H-pyrrole nitrogens is 1. The van der Waals surface area contributed by atoms with E-state index in [1.165, 1.54) is 43.3 Å². The predicted octanol–water partition coefficient (Wildman–Crippen LogP) is 11.5. The van der Waals surface area contributed by atoms with E-state index in [1.807, 2.05) is 32.1 Å². The fourth-order valence-corrected chi connectivity index (χ4v) is 6.18. The Kier molecular flexibility index (Phi) is 11.7. The van der Waals surface area contributed by atoms with Crippen molar-refractivity contribution < 1.29 is 9.84 Å². The van der Waals surface area contributed by atoms with Crippen LogP contribution in [-0.2, 0) is 12.8 Å². The van der Waals surface area contributed by atoms with Gasteiger partial charge < -0.3 is 14.8 Å². The average molecular weight is 704 g/mol. The molecule has 0 saturated heterocycles. The molecule has 1 heterocycles. The van der Waals surface area contributed by atoms with Crippen LogP contribution in [0.2, 0.25) is 0 Å². The van der Waals surface area contributed by atoms with Crippen molar-refractivity contribution in [3.8, 4) is 11.5 Å². The van der Waals surface area contributed by atoms with E-state index in [4.69, 9.17) is 4.74 Å². The third-order valence-electron chi connectivity index (χ3n) is 7.95. The van der Waals surface area contributed by atoms with E-state index in [9.17, 15) is 5.11 Å². The van der Waals surface area contributed by atoms with Crippen molar-refractivity contribution in [2.75, 3.05) is 6.61 Å². The Labute approximate surface area is 273 Å². The Morgan fingerprint density at radius 3 is 2.42 bits per heavy atom. The summed E-state index contributed by atoms with van der Waals surface area (Å²) < 4.78 is 8.40. The average Bonchev–Trinajstić information content (AvgIpc) is 3.41. The molecule has 43 heavy (non-hydrogen) atoms. The molecule has 224 valence electrons. The number of hydrogen-bond acceptors (Lipinski definition) is 2. The first-order valence-electron chi connectivity index (χ1n) is 14.6. The molecule has 1 unspecified atom stereocenters. The van der Waals surface area contributed by atoms with Gasteiger partial charge in [0.15, 0.2) is 0 Å². The number of aromatic hydroxyl groups is 1. The molecule has 5 heteroatoms. The van der Waals surface area contributed by atoms with Gasteiger partial charge in [-0.3, -0.25) is 0 Å². The molecule has 3 nitrogen and oxygen atoms in total. The summed E-state index contributed by atoms with van der Waals surface area (Å²) in [7, 11) is 0. The molecular formula is C38H41Br2NO2. The summed E-state index contributed by atoms with van der Waals surface area (Å²) >= 11 is 6.78. The maximum atomic E-state index is 10.1. The Morgan fingerprint density at radius 1 is 0.953 bits per heavy atom. The maximum Gasteiger partial charge on any atom is 0.119 e. The van der Waals surface area contributed by atoms with E-state index in [2.05, 4.69) is 122 Å². The van der Waals surface area contributed by atoms with Crippen molar-refractivity contribution in [3.63, 3.8) is 0 Å². The van der Waals surface area contributed by atoms with Crippen LogP contribution in [0.4, 0.5) is 0 Å². The fraction of sp³-hybridized carbons (Fsp3) is 0.263. The molecule has 0 radical (unpaired) electrons. The smallest absolute Gasteiger partial charge is 0.119 e. The fourth-order valence-electron chi connectivity index (χ4n) is 5.80. The van der Waals surface area contributed by atoms with Gasteiger partial charge >= 0.3 is 0 Å². The minimum Gasteiger partial charge on any atom is -0.508 e. The molecule has 5 aromatic rings. The third-order valence-corrected chi connectivity index (χ3v) is 8.90. The van der Waals surface area contributed by atoms with Gasteiger partial charge in [0.05, 0.1) is 6.61 Å². The molecule has 2 N–H and O–H groups in total. The Morgan fingerprint density at radius 2 is 1.70 bits per heavy atom. The molecule has 0 bridgehead atoms. The highest BCUT2D eigenvalue weighted by Gasteiger charge is 2.32. The zero-order valence-electron chi connectivity index (χ0n) is 24.1. The molecule has 0 fully saturated rings. The molecule has 0 saturated carbocycles. The van der Waals surface area contributed by atoms with Crippen LogP contribution < -0.4 is 4.74 Å². The quantitative estimate of drug-likeness (QED) is 0.166. The van der Waals surface area contributed by atoms with Gasteiger partial charge in [-0.1, -0.05) is 93.9 Å². The number of aromatic nitrogens is 1. The van der Waals surface area contributed by atoms with Gasteiger partial charge in [-0.05, 0) is 121 Å². The van der Waals surface area contributed by atoms with Crippen molar-refractivity contribution >= 4 is 42.8 Å². The van der Waals surface area contributed by atoms with E-state index < -0.39 is 0 Å². The lowest BCUT2D eigenvalue weighted by molar-refractivity contribution is 0.310. The van der Waals surface area contributed by atoms with E-state index in [0.29, 0.717) is 18.3 Å². The third kappa shape index (κ3) is 8.43. The maximum absolute atomic E-state index is 10.1. The molecule has 0 spiro atoms. The number of rotatable bonds is 7. The minimum absolute atomic E-state index is 0. The number of allylic oxidation sites excluding steroid dienone is 2. The van der Waals surface area contributed by atoms with Crippen LogP contribution in [0.3, 0.4) is 0 Å². The van der Waals surface area contributed by atoms with Crippen LogP contribution in [0.15, 0.2) is 112 Å². The number of aryl methyl sites for hydroxylation is 2. The number of fused-ring (bicyclic) bond motifs is 2. The van der Waals surface area contributed by atoms with E-state index >= 15 is 0 Å². The molecule has 1 aromatic heterocycles. The van der Waals surface area contributed by atoms with Gasteiger partial charge in [-0.2, -0.15) is 0 Å². The zero-order chi connectivity index (χ0) is 29.5. The second kappa shape index (κ2) is 15.4. The Bertz CT molecular complexity index is 1640. The summed E-state index contributed by atoms with van der Waals surface area (Å²) in [6.07, 6.45) is 5.95. The highest BCUT2D eigenvalue weighted by Crippen LogP contribution is 2.47. The van der Waals surface area contributed by atoms with Gasteiger partial charge in [0.25, 0.3) is 0 Å². The lowest BCUT2D eigenvalue weighted by Gasteiger charge is -2.34. The summed E-state index contributed by atoms with van der Waals surface area (Å²) in [5.74, 6) is 1.91. The zero-order valence-corrected chi connectivity index (χ0v) is 27.3.